The Balaban J connectivity index is 1.61. The normalized spacial score (nSPS) is 12.1. The highest BCUT2D eigenvalue weighted by atomic mass is 35.5. The number of rotatable bonds is 9. The summed E-state index contributed by atoms with van der Waals surface area (Å²) in [4.78, 5) is 1.71. The van der Waals surface area contributed by atoms with E-state index in [4.69, 9.17) is 33.4 Å². The van der Waals surface area contributed by atoms with E-state index in [1.807, 2.05) is 36.4 Å². The summed E-state index contributed by atoms with van der Waals surface area (Å²) in [5.74, 6) is 0. The lowest BCUT2D eigenvalue weighted by Crippen LogP contribution is -2.21. The summed E-state index contributed by atoms with van der Waals surface area (Å²) in [5, 5.41) is 14.6. The van der Waals surface area contributed by atoms with Crippen LogP contribution in [0.15, 0.2) is 78.9 Å². The van der Waals surface area contributed by atoms with Gasteiger partial charge in [-0.1, -0.05) is 103 Å². The predicted octanol–water partition coefficient (Wildman–Crippen LogP) is 6.93. The molecule has 0 amide bonds. The fourth-order valence-electron chi connectivity index (χ4n) is 3.78. The van der Waals surface area contributed by atoms with Gasteiger partial charge in [-0.2, -0.15) is 15.0 Å². The number of aromatic nitrogens is 3. The van der Waals surface area contributed by atoms with Crippen molar-refractivity contribution < 1.29 is 0 Å². The van der Waals surface area contributed by atoms with Gasteiger partial charge in [-0.25, -0.2) is 0 Å². The summed E-state index contributed by atoms with van der Waals surface area (Å²) in [7, 11) is 0. The minimum atomic E-state index is 0.265. The van der Waals surface area contributed by atoms with Gasteiger partial charge in [0.2, 0.25) is 0 Å². The summed E-state index contributed by atoms with van der Waals surface area (Å²) in [6, 6.07) is 26.5. The average Bonchev–Trinajstić information content (AvgIpc) is 3.22. The van der Waals surface area contributed by atoms with Crippen molar-refractivity contribution in [2.75, 3.05) is 0 Å². The Morgan fingerprint density at radius 3 is 2.31 bits per heavy atom. The second kappa shape index (κ2) is 10.8. The van der Waals surface area contributed by atoms with Gasteiger partial charge in [0, 0.05) is 28.2 Å². The van der Waals surface area contributed by atoms with Crippen LogP contribution in [-0.4, -0.2) is 15.0 Å². The number of nitrogens with one attached hydrogen (secondary N) is 1. The van der Waals surface area contributed by atoms with Gasteiger partial charge in [0.15, 0.2) is 0 Å². The number of hydrogen-bond donors (Lipinski definition) is 1. The van der Waals surface area contributed by atoms with Gasteiger partial charge < -0.3 is 5.32 Å². The Hall–Kier alpha value is -2.66. The second-order valence-corrected chi connectivity index (χ2v) is 8.60. The predicted molar refractivity (Wildman–Crippen MR) is 132 cm³/mol. The molecule has 32 heavy (non-hydrogen) atoms. The van der Waals surface area contributed by atoms with Crippen molar-refractivity contribution in [3.8, 4) is 11.3 Å². The lowest BCUT2D eigenvalue weighted by atomic mass is 10.0. The molecule has 3 aromatic carbocycles. The summed E-state index contributed by atoms with van der Waals surface area (Å²) in [5.41, 5.74) is 5.06. The Morgan fingerprint density at radius 2 is 1.62 bits per heavy atom. The van der Waals surface area contributed by atoms with E-state index in [-0.39, 0.29) is 6.04 Å². The highest BCUT2D eigenvalue weighted by Crippen LogP contribution is 2.25. The molecule has 0 aliphatic heterocycles. The van der Waals surface area contributed by atoms with E-state index in [2.05, 4.69) is 48.6 Å². The van der Waals surface area contributed by atoms with E-state index in [0.717, 1.165) is 35.4 Å². The zero-order valence-electron chi connectivity index (χ0n) is 18.0. The average molecular weight is 465 g/mol. The van der Waals surface area contributed by atoms with Crippen LogP contribution < -0.4 is 5.32 Å². The van der Waals surface area contributed by atoms with Crippen molar-refractivity contribution in [1.29, 1.82) is 0 Å². The van der Waals surface area contributed by atoms with E-state index in [9.17, 15) is 0 Å². The third-order valence-corrected chi connectivity index (χ3v) is 5.98. The molecule has 0 saturated heterocycles. The molecule has 6 heteroatoms. The van der Waals surface area contributed by atoms with Crippen LogP contribution in [0, 0.1) is 0 Å². The first kappa shape index (κ1) is 22.5. The molecule has 0 aliphatic carbocycles. The van der Waals surface area contributed by atoms with Crippen molar-refractivity contribution >= 4 is 23.2 Å². The van der Waals surface area contributed by atoms with Crippen LogP contribution in [0.3, 0.4) is 0 Å². The maximum absolute atomic E-state index is 6.38. The highest BCUT2D eigenvalue weighted by molar-refractivity contribution is 6.35. The third-order valence-electron chi connectivity index (χ3n) is 5.39. The molecule has 0 aliphatic rings. The highest BCUT2D eigenvalue weighted by Gasteiger charge is 2.17. The lowest BCUT2D eigenvalue weighted by molar-refractivity contribution is 0.485. The van der Waals surface area contributed by atoms with Gasteiger partial charge in [-0.3, -0.25) is 0 Å². The maximum Gasteiger partial charge on any atom is 0.117 e. The molecule has 1 heterocycles. The van der Waals surface area contributed by atoms with Crippen LogP contribution in [0.1, 0.15) is 42.6 Å². The zero-order chi connectivity index (χ0) is 22.3. The molecule has 4 nitrogen and oxygen atoms in total. The smallest absolute Gasteiger partial charge is 0.117 e. The molecular formula is C26H26Cl2N4. The van der Waals surface area contributed by atoms with Gasteiger partial charge in [-0.15, -0.1) is 0 Å². The van der Waals surface area contributed by atoms with Gasteiger partial charge in [0.25, 0.3) is 0 Å². The molecule has 0 fully saturated rings. The second-order valence-electron chi connectivity index (χ2n) is 7.76. The van der Waals surface area contributed by atoms with Crippen LogP contribution in [0.5, 0.6) is 0 Å². The number of nitrogens with zero attached hydrogens (tertiary/aromatic N) is 3. The largest absolute Gasteiger partial charge is 0.304 e. The van der Waals surface area contributed by atoms with Crippen LogP contribution in [0.25, 0.3) is 11.3 Å². The first-order chi connectivity index (χ1) is 15.6. The molecule has 0 unspecified atom stereocenters. The summed E-state index contributed by atoms with van der Waals surface area (Å²) >= 11 is 12.4. The minimum absolute atomic E-state index is 0.265. The zero-order valence-corrected chi connectivity index (χ0v) is 19.5. The molecule has 0 radical (unpaired) electrons. The summed E-state index contributed by atoms with van der Waals surface area (Å²) < 4.78 is 0. The number of halogens is 2. The summed E-state index contributed by atoms with van der Waals surface area (Å²) in [6.45, 7) is 3.31. The molecule has 1 N–H and O–H groups in total. The van der Waals surface area contributed by atoms with Crippen LogP contribution in [0.2, 0.25) is 10.0 Å². The Morgan fingerprint density at radius 1 is 0.906 bits per heavy atom. The van der Waals surface area contributed by atoms with Crippen LogP contribution in [0.4, 0.5) is 0 Å². The Kier molecular flexibility index (Phi) is 7.59. The van der Waals surface area contributed by atoms with Gasteiger partial charge in [-0.05, 0) is 29.7 Å². The monoisotopic (exact) mass is 464 g/mol. The van der Waals surface area contributed by atoms with E-state index in [1.165, 1.54) is 5.56 Å². The fraction of sp³-hybridized carbons (Fsp3) is 0.231. The lowest BCUT2D eigenvalue weighted by Gasteiger charge is -2.18. The first-order valence-electron chi connectivity index (χ1n) is 10.9. The molecule has 1 aromatic heterocycles. The minimum Gasteiger partial charge on any atom is -0.304 e. The van der Waals surface area contributed by atoms with Gasteiger partial charge in [0.05, 0.1) is 6.54 Å². The molecule has 4 aromatic rings. The molecule has 164 valence electrons. The third kappa shape index (κ3) is 5.57. The van der Waals surface area contributed by atoms with Crippen LogP contribution in [-0.2, 0) is 13.1 Å². The van der Waals surface area contributed by atoms with Crippen molar-refractivity contribution in [3.63, 3.8) is 0 Å². The fourth-order valence-corrected chi connectivity index (χ4v) is 4.24. The number of hydrogen-bond acceptors (Lipinski definition) is 3. The molecule has 0 spiro atoms. The molecular weight excluding hydrogens is 439 g/mol. The Bertz CT molecular complexity index is 1140. The molecule has 0 saturated carbocycles. The Labute approximate surface area is 199 Å². The summed E-state index contributed by atoms with van der Waals surface area (Å²) in [6.07, 6.45) is 2.15. The van der Waals surface area contributed by atoms with Gasteiger partial charge >= 0.3 is 0 Å². The molecule has 4 rings (SSSR count). The molecule has 1 atom stereocenters. The van der Waals surface area contributed by atoms with Crippen molar-refractivity contribution in [1.82, 2.24) is 20.3 Å². The number of benzene rings is 3. The van der Waals surface area contributed by atoms with E-state index < -0.39 is 0 Å². The standard InChI is InChI=1S/C26H26Cl2N4/c1-2-9-24(19-10-5-3-6-11-19)29-17-25-26(20-12-7-4-8-13-20)31-32(30-25)18-21-14-15-22(27)16-23(21)28/h3-8,10-16,24,29H,2,9,17-18H2,1H3/t24-/m1/s1. The van der Waals surface area contributed by atoms with Crippen molar-refractivity contribution in [2.45, 2.75) is 38.9 Å². The van der Waals surface area contributed by atoms with E-state index in [1.54, 1.807) is 10.9 Å². The van der Waals surface area contributed by atoms with E-state index in [0.29, 0.717) is 23.1 Å². The van der Waals surface area contributed by atoms with Crippen LogP contribution >= 0.6 is 23.2 Å². The van der Waals surface area contributed by atoms with Crippen molar-refractivity contribution in [3.05, 3.63) is 106 Å². The van der Waals surface area contributed by atoms with Crippen molar-refractivity contribution in [2.24, 2.45) is 0 Å². The van der Waals surface area contributed by atoms with Gasteiger partial charge in [0.1, 0.15) is 11.4 Å². The maximum atomic E-state index is 6.38. The molecule has 0 bridgehead atoms. The first-order valence-corrected chi connectivity index (χ1v) is 11.6. The SMILES string of the molecule is CCC[C@@H](NCc1nn(Cc2ccc(Cl)cc2Cl)nc1-c1ccccc1)c1ccccc1. The topological polar surface area (TPSA) is 42.7 Å². The quantitative estimate of drug-likeness (QED) is 0.291. The van der Waals surface area contributed by atoms with E-state index >= 15 is 0 Å².